The van der Waals surface area contributed by atoms with Crippen LogP contribution >= 0.6 is 28.3 Å². The molecule has 2 N–H and O–H groups in total. The van der Waals surface area contributed by atoms with Crippen LogP contribution in [-0.4, -0.2) is 16.3 Å². The number of nitrogens with two attached hydrogens (primary N) is 1. The molecule has 5 heteroatoms. The molecule has 0 spiro atoms. The summed E-state index contributed by atoms with van der Waals surface area (Å²) in [4.78, 5) is 0. The van der Waals surface area contributed by atoms with Crippen molar-refractivity contribution in [2.75, 3.05) is 6.54 Å². The molecule has 0 aromatic carbocycles. The second-order valence-electron chi connectivity index (χ2n) is 2.10. The minimum atomic E-state index is 0. The lowest BCUT2D eigenvalue weighted by Gasteiger charge is -1.98. The molecule has 0 aliphatic carbocycles. The Morgan fingerprint density at radius 1 is 1.73 bits per heavy atom. The number of rotatable bonds is 2. The smallest absolute Gasteiger partial charge is 0.0635 e. The van der Waals surface area contributed by atoms with Crippen LogP contribution in [0.3, 0.4) is 0 Å². The molecular formula is C6H11BrClN3. The zero-order valence-corrected chi connectivity index (χ0v) is 8.65. The maximum atomic E-state index is 5.40. The molecule has 0 saturated carbocycles. The van der Waals surface area contributed by atoms with E-state index in [1.165, 1.54) is 0 Å². The first-order valence-corrected chi connectivity index (χ1v) is 3.91. The molecule has 1 aromatic heterocycles. The summed E-state index contributed by atoms with van der Waals surface area (Å²) >= 11 is 3.38. The van der Waals surface area contributed by atoms with Crippen molar-refractivity contribution in [3.8, 4) is 0 Å². The fourth-order valence-corrected chi connectivity index (χ4v) is 1.40. The van der Waals surface area contributed by atoms with Crippen LogP contribution in [0.1, 0.15) is 5.69 Å². The van der Waals surface area contributed by atoms with Crippen LogP contribution in [0.4, 0.5) is 0 Å². The van der Waals surface area contributed by atoms with E-state index in [2.05, 4.69) is 21.0 Å². The van der Waals surface area contributed by atoms with Gasteiger partial charge >= 0.3 is 0 Å². The Labute approximate surface area is 80.5 Å². The minimum absolute atomic E-state index is 0. The molecule has 0 bridgehead atoms. The molecule has 0 unspecified atom stereocenters. The van der Waals surface area contributed by atoms with E-state index in [9.17, 15) is 0 Å². The molecule has 1 aromatic rings. The number of hydrogen-bond acceptors (Lipinski definition) is 2. The highest BCUT2D eigenvalue weighted by Crippen LogP contribution is 2.14. The Morgan fingerprint density at radius 2 is 2.36 bits per heavy atom. The number of aryl methyl sites for hydroxylation is 1. The third-order valence-corrected chi connectivity index (χ3v) is 2.05. The van der Waals surface area contributed by atoms with Crippen molar-refractivity contribution in [3.63, 3.8) is 0 Å². The van der Waals surface area contributed by atoms with Crippen LogP contribution in [-0.2, 0) is 13.5 Å². The quantitative estimate of drug-likeness (QED) is 0.841. The SMILES string of the molecule is Cl.Cn1ncc(Br)c1CCN. The summed E-state index contributed by atoms with van der Waals surface area (Å²) in [7, 11) is 1.91. The zero-order chi connectivity index (χ0) is 7.56. The number of nitrogens with zero attached hydrogens (tertiary/aromatic N) is 2. The predicted octanol–water partition coefficient (Wildman–Crippen LogP) is 1.11. The molecule has 0 fully saturated rings. The van der Waals surface area contributed by atoms with Gasteiger partial charge in [-0.3, -0.25) is 4.68 Å². The molecule has 0 aliphatic heterocycles. The van der Waals surface area contributed by atoms with Crippen LogP contribution in [0.2, 0.25) is 0 Å². The summed E-state index contributed by atoms with van der Waals surface area (Å²) in [6, 6.07) is 0. The second-order valence-corrected chi connectivity index (χ2v) is 2.96. The van der Waals surface area contributed by atoms with E-state index in [1.54, 1.807) is 6.20 Å². The van der Waals surface area contributed by atoms with Crippen LogP contribution in [0, 0.1) is 0 Å². The summed E-state index contributed by atoms with van der Waals surface area (Å²) in [5.41, 5.74) is 6.55. The maximum Gasteiger partial charge on any atom is 0.0635 e. The van der Waals surface area contributed by atoms with E-state index in [0.29, 0.717) is 6.54 Å². The average Bonchev–Trinajstić information content (AvgIpc) is 2.20. The van der Waals surface area contributed by atoms with Crippen LogP contribution in [0.5, 0.6) is 0 Å². The molecule has 0 saturated heterocycles. The van der Waals surface area contributed by atoms with E-state index in [-0.39, 0.29) is 12.4 Å². The van der Waals surface area contributed by atoms with Crippen molar-refractivity contribution in [2.24, 2.45) is 12.8 Å². The van der Waals surface area contributed by atoms with Gasteiger partial charge in [-0.15, -0.1) is 12.4 Å². The molecule has 0 radical (unpaired) electrons. The van der Waals surface area contributed by atoms with E-state index in [1.807, 2.05) is 11.7 Å². The minimum Gasteiger partial charge on any atom is -0.330 e. The van der Waals surface area contributed by atoms with E-state index < -0.39 is 0 Å². The zero-order valence-electron chi connectivity index (χ0n) is 6.25. The Balaban J connectivity index is 0.000001000. The molecular weight excluding hydrogens is 229 g/mol. The Hall–Kier alpha value is -0.0600. The number of aromatic nitrogens is 2. The summed E-state index contributed by atoms with van der Waals surface area (Å²) in [6.45, 7) is 0.665. The average molecular weight is 241 g/mol. The molecule has 0 amide bonds. The first kappa shape index (κ1) is 10.9. The van der Waals surface area contributed by atoms with Gasteiger partial charge in [0.25, 0.3) is 0 Å². The number of hydrogen-bond donors (Lipinski definition) is 1. The molecule has 64 valence electrons. The fourth-order valence-electron chi connectivity index (χ4n) is 0.854. The lowest BCUT2D eigenvalue weighted by Crippen LogP contribution is -2.07. The van der Waals surface area contributed by atoms with Gasteiger partial charge in [0.2, 0.25) is 0 Å². The number of halogens is 2. The van der Waals surface area contributed by atoms with Gasteiger partial charge in [-0.25, -0.2) is 0 Å². The molecule has 0 atom stereocenters. The summed E-state index contributed by atoms with van der Waals surface area (Å²) < 4.78 is 2.87. The molecule has 0 aliphatic rings. The van der Waals surface area contributed by atoms with Crippen molar-refractivity contribution in [3.05, 3.63) is 16.4 Å². The van der Waals surface area contributed by atoms with Crippen molar-refractivity contribution in [2.45, 2.75) is 6.42 Å². The Bertz CT molecular complexity index is 204. The van der Waals surface area contributed by atoms with Crippen LogP contribution in [0.15, 0.2) is 10.7 Å². The fraction of sp³-hybridized carbons (Fsp3) is 0.500. The summed E-state index contributed by atoms with van der Waals surface area (Å²) in [5.74, 6) is 0. The van der Waals surface area contributed by atoms with E-state index >= 15 is 0 Å². The highest BCUT2D eigenvalue weighted by molar-refractivity contribution is 9.10. The lowest BCUT2D eigenvalue weighted by atomic mass is 10.3. The van der Waals surface area contributed by atoms with Gasteiger partial charge in [0.15, 0.2) is 0 Å². The van der Waals surface area contributed by atoms with Crippen molar-refractivity contribution < 1.29 is 0 Å². The third-order valence-electron chi connectivity index (χ3n) is 1.39. The standard InChI is InChI=1S/C6H10BrN3.ClH/c1-10-6(2-3-8)5(7)4-9-10;/h4H,2-3,8H2,1H3;1H. The predicted molar refractivity (Wildman–Crippen MR) is 50.9 cm³/mol. The molecule has 1 heterocycles. The Morgan fingerprint density at radius 3 is 2.73 bits per heavy atom. The largest absolute Gasteiger partial charge is 0.330 e. The van der Waals surface area contributed by atoms with E-state index in [4.69, 9.17) is 5.73 Å². The third kappa shape index (κ3) is 2.47. The first-order valence-electron chi connectivity index (χ1n) is 3.12. The summed E-state index contributed by atoms with van der Waals surface area (Å²) in [5, 5.41) is 4.05. The Kier molecular flexibility index (Phi) is 4.72. The first-order chi connectivity index (χ1) is 4.75. The molecule has 3 nitrogen and oxygen atoms in total. The van der Waals surface area contributed by atoms with Gasteiger partial charge in [-0.05, 0) is 22.5 Å². The van der Waals surface area contributed by atoms with Crippen LogP contribution in [0.25, 0.3) is 0 Å². The van der Waals surface area contributed by atoms with Gasteiger partial charge in [-0.2, -0.15) is 5.10 Å². The van der Waals surface area contributed by atoms with Crippen molar-refractivity contribution >= 4 is 28.3 Å². The van der Waals surface area contributed by atoms with Gasteiger partial charge in [0.05, 0.1) is 16.4 Å². The van der Waals surface area contributed by atoms with Crippen molar-refractivity contribution in [1.82, 2.24) is 9.78 Å². The van der Waals surface area contributed by atoms with Crippen molar-refractivity contribution in [1.29, 1.82) is 0 Å². The van der Waals surface area contributed by atoms with Gasteiger partial charge in [-0.1, -0.05) is 0 Å². The second kappa shape index (κ2) is 4.74. The van der Waals surface area contributed by atoms with Gasteiger partial charge in [0, 0.05) is 13.5 Å². The highest BCUT2D eigenvalue weighted by Gasteiger charge is 2.02. The lowest BCUT2D eigenvalue weighted by molar-refractivity contribution is 0.705. The molecule has 11 heavy (non-hydrogen) atoms. The maximum absolute atomic E-state index is 5.40. The van der Waals surface area contributed by atoms with E-state index in [0.717, 1.165) is 16.6 Å². The van der Waals surface area contributed by atoms with Gasteiger partial charge < -0.3 is 5.73 Å². The topological polar surface area (TPSA) is 43.8 Å². The monoisotopic (exact) mass is 239 g/mol. The molecule has 1 rings (SSSR count). The highest BCUT2D eigenvalue weighted by atomic mass is 79.9. The summed E-state index contributed by atoms with van der Waals surface area (Å²) in [6.07, 6.45) is 2.65. The normalized spacial score (nSPS) is 9.36. The van der Waals surface area contributed by atoms with Crippen LogP contribution < -0.4 is 5.73 Å². The van der Waals surface area contributed by atoms with Gasteiger partial charge in [0.1, 0.15) is 0 Å².